The maximum atomic E-state index is 12.8. The van der Waals surface area contributed by atoms with Gasteiger partial charge in [0.25, 0.3) is 5.91 Å². The summed E-state index contributed by atoms with van der Waals surface area (Å²) in [5.41, 5.74) is 3.97. The number of carbonyl (C=O) groups excluding carboxylic acids is 1. The molecule has 0 spiro atoms. The number of para-hydroxylation sites is 1. The number of nitrogens with zero attached hydrogens (tertiary/aromatic N) is 4. The first kappa shape index (κ1) is 18.6. The number of halogens is 1. The van der Waals surface area contributed by atoms with E-state index in [4.69, 9.17) is 5.10 Å². The molecular weight excluding hydrogens is 436 g/mol. The third kappa shape index (κ3) is 3.27. The van der Waals surface area contributed by atoms with Crippen LogP contribution in [-0.4, -0.2) is 29.9 Å². The molecule has 0 atom stereocenters. The van der Waals surface area contributed by atoms with Crippen molar-refractivity contribution in [3.63, 3.8) is 0 Å². The zero-order chi connectivity index (χ0) is 19.7. The van der Waals surface area contributed by atoms with Crippen molar-refractivity contribution < 1.29 is 4.79 Å². The SMILES string of the molecule is C=CCN=c1scc(-c2ccc(Br)cc2)n1N=C1C(=O)N(C)c2ccccc21. The van der Waals surface area contributed by atoms with Crippen molar-refractivity contribution >= 4 is 44.6 Å². The van der Waals surface area contributed by atoms with E-state index in [0.717, 1.165) is 27.0 Å². The number of benzene rings is 2. The Bertz CT molecular complexity index is 1160. The quantitative estimate of drug-likeness (QED) is 0.544. The van der Waals surface area contributed by atoms with Crippen LogP contribution in [0.1, 0.15) is 5.56 Å². The standard InChI is InChI=1S/C21H17BrN4OS/c1-3-12-23-21-26(18(13-28-21)14-8-10-15(22)11-9-14)24-19-16-6-4-5-7-17(16)25(2)20(19)27/h3-11,13H,1,12H2,2H3. The first-order chi connectivity index (χ1) is 13.6. The molecule has 1 aliphatic rings. The van der Waals surface area contributed by atoms with Gasteiger partial charge in [-0.15, -0.1) is 17.9 Å². The molecule has 0 saturated carbocycles. The number of fused-ring (bicyclic) bond motifs is 1. The highest BCUT2D eigenvalue weighted by molar-refractivity contribution is 9.10. The zero-order valence-corrected chi connectivity index (χ0v) is 17.6. The summed E-state index contributed by atoms with van der Waals surface area (Å²) >= 11 is 4.95. The van der Waals surface area contributed by atoms with E-state index >= 15 is 0 Å². The molecule has 1 aromatic heterocycles. The van der Waals surface area contributed by atoms with Crippen LogP contribution in [0.25, 0.3) is 11.3 Å². The Labute approximate surface area is 175 Å². The Kier molecular flexibility index (Phi) is 5.11. The normalized spacial score (nSPS) is 15.4. The van der Waals surface area contributed by atoms with Gasteiger partial charge in [-0.25, -0.2) is 4.68 Å². The lowest BCUT2D eigenvalue weighted by molar-refractivity contribution is -0.112. The molecule has 0 aliphatic carbocycles. The highest BCUT2D eigenvalue weighted by atomic mass is 79.9. The Morgan fingerprint density at radius 3 is 2.68 bits per heavy atom. The van der Waals surface area contributed by atoms with Crippen LogP contribution in [0.4, 0.5) is 5.69 Å². The highest BCUT2D eigenvalue weighted by Crippen LogP contribution is 2.29. The van der Waals surface area contributed by atoms with Crippen molar-refractivity contribution in [3.8, 4) is 11.3 Å². The molecule has 3 aromatic rings. The number of anilines is 1. The highest BCUT2D eigenvalue weighted by Gasteiger charge is 2.31. The Hall–Kier alpha value is -2.77. The van der Waals surface area contributed by atoms with Crippen LogP contribution >= 0.6 is 27.3 Å². The number of thiazole rings is 1. The lowest BCUT2D eigenvalue weighted by atomic mass is 10.1. The van der Waals surface area contributed by atoms with Crippen LogP contribution < -0.4 is 9.70 Å². The second-order valence-electron chi connectivity index (χ2n) is 6.18. The minimum absolute atomic E-state index is 0.128. The van der Waals surface area contributed by atoms with Gasteiger partial charge in [-0.2, -0.15) is 5.10 Å². The van der Waals surface area contributed by atoms with Gasteiger partial charge in [-0.1, -0.05) is 52.3 Å². The van der Waals surface area contributed by atoms with Gasteiger partial charge in [-0.05, 0) is 18.2 Å². The van der Waals surface area contributed by atoms with Gasteiger partial charge >= 0.3 is 0 Å². The molecule has 0 radical (unpaired) electrons. The molecule has 0 saturated heterocycles. The van der Waals surface area contributed by atoms with Crippen LogP contribution in [-0.2, 0) is 4.79 Å². The minimum atomic E-state index is -0.128. The van der Waals surface area contributed by atoms with E-state index in [9.17, 15) is 4.79 Å². The van der Waals surface area contributed by atoms with Gasteiger partial charge in [-0.3, -0.25) is 9.79 Å². The number of likely N-dealkylation sites (N-methyl/N-ethyl adjacent to an activating group) is 1. The van der Waals surface area contributed by atoms with Crippen LogP contribution in [0.2, 0.25) is 0 Å². The predicted octanol–water partition coefficient (Wildman–Crippen LogP) is 4.29. The molecule has 5 nitrogen and oxygen atoms in total. The zero-order valence-electron chi connectivity index (χ0n) is 15.2. The van der Waals surface area contributed by atoms with E-state index in [-0.39, 0.29) is 5.91 Å². The average Bonchev–Trinajstić information content (AvgIpc) is 3.22. The van der Waals surface area contributed by atoms with Crippen molar-refractivity contribution in [2.75, 3.05) is 18.5 Å². The summed E-state index contributed by atoms with van der Waals surface area (Å²) in [6.45, 7) is 4.22. The smallest absolute Gasteiger partial charge is 0.279 e. The van der Waals surface area contributed by atoms with Crippen molar-refractivity contribution in [3.05, 3.63) is 81.4 Å². The second-order valence-corrected chi connectivity index (χ2v) is 7.93. The van der Waals surface area contributed by atoms with Crippen LogP contribution in [0.5, 0.6) is 0 Å². The molecule has 1 amide bonds. The molecule has 7 heteroatoms. The Balaban J connectivity index is 1.93. The van der Waals surface area contributed by atoms with Crippen molar-refractivity contribution in [1.82, 2.24) is 4.68 Å². The van der Waals surface area contributed by atoms with Gasteiger partial charge < -0.3 is 4.90 Å². The molecular formula is C21H17BrN4OS. The first-order valence-corrected chi connectivity index (χ1v) is 10.3. The van der Waals surface area contributed by atoms with E-state index < -0.39 is 0 Å². The van der Waals surface area contributed by atoms with Gasteiger partial charge in [0.05, 0.1) is 17.9 Å². The molecule has 140 valence electrons. The predicted molar refractivity (Wildman–Crippen MR) is 118 cm³/mol. The summed E-state index contributed by atoms with van der Waals surface area (Å²) in [6.07, 6.45) is 1.74. The van der Waals surface area contributed by atoms with Gasteiger partial charge in [0.15, 0.2) is 5.71 Å². The maximum absolute atomic E-state index is 12.8. The summed E-state index contributed by atoms with van der Waals surface area (Å²) in [5.74, 6) is -0.128. The average molecular weight is 453 g/mol. The molecule has 2 aromatic carbocycles. The lowest BCUT2D eigenvalue weighted by Crippen LogP contribution is -2.27. The third-order valence-electron chi connectivity index (χ3n) is 4.41. The topological polar surface area (TPSA) is 50.0 Å². The van der Waals surface area contributed by atoms with E-state index in [2.05, 4.69) is 27.5 Å². The van der Waals surface area contributed by atoms with Crippen LogP contribution in [0.3, 0.4) is 0 Å². The lowest BCUT2D eigenvalue weighted by Gasteiger charge is -2.07. The number of amides is 1. The van der Waals surface area contributed by atoms with Crippen LogP contribution in [0, 0.1) is 0 Å². The Morgan fingerprint density at radius 2 is 1.93 bits per heavy atom. The van der Waals surface area contributed by atoms with Gasteiger partial charge in [0, 0.05) is 28.0 Å². The fourth-order valence-electron chi connectivity index (χ4n) is 3.01. The van der Waals surface area contributed by atoms with Crippen molar-refractivity contribution in [2.24, 2.45) is 10.1 Å². The van der Waals surface area contributed by atoms with E-state index in [1.165, 1.54) is 11.3 Å². The number of aromatic nitrogens is 1. The first-order valence-electron chi connectivity index (χ1n) is 8.64. The number of carbonyl (C=O) groups is 1. The monoisotopic (exact) mass is 452 g/mol. The minimum Gasteiger partial charge on any atom is -0.309 e. The molecule has 4 rings (SSSR count). The summed E-state index contributed by atoms with van der Waals surface area (Å²) < 4.78 is 2.75. The number of hydrogen-bond acceptors (Lipinski definition) is 4. The van der Waals surface area contributed by atoms with Crippen LogP contribution in [0.15, 0.2) is 81.1 Å². The Morgan fingerprint density at radius 1 is 1.18 bits per heavy atom. The van der Waals surface area contributed by atoms with E-state index in [0.29, 0.717) is 17.1 Å². The molecule has 0 fully saturated rings. The summed E-state index contributed by atoms with van der Waals surface area (Å²) in [4.78, 5) is 19.7. The fraction of sp³-hybridized carbons (Fsp3) is 0.0952. The molecule has 0 unspecified atom stereocenters. The number of hydrogen-bond donors (Lipinski definition) is 0. The van der Waals surface area contributed by atoms with E-state index in [1.54, 1.807) is 22.7 Å². The van der Waals surface area contributed by atoms with E-state index in [1.807, 2.05) is 53.9 Å². The summed E-state index contributed by atoms with van der Waals surface area (Å²) in [5, 5.41) is 6.76. The van der Waals surface area contributed by atoms with Crippen molar-refractivity contribution in [2.45, 2.75) is 0 Å². The number of rotatable bonds is 4. The molecule has 0 N–H and O–H groups in total. The molecule has 1 aliphatic heterocycles. The largest absolute Gasteiger partial charge is 0.309 e. The third-order valence-corrected chi connectivity index (χ3v) is 5.79. The van der Waals surface area contributed by atoms with Crippen molar-refractivity contribution in [1.29, 1.82) is 0 Å². The van der Waals surface area contributed by atoms with Gasteiger partial charge in [0.1, 0.15) is 0 Å². The summed E-state index contributed by atoms with van der Waals surface area (Å²) in [7, 11) is 1.76. The maximum Gasteiger partial charge on any atom is 0.279 e. The van der Waals surface area contributed by atoms with Gasteiger partial charge in [0.2, 0.25) is 4.80 Å². The molecule has 0 bridgehead atoms. The molecule has 28 heavy (non-hydrogen) atoms. The summed E-state index contributed by atoms with van der Waals surface area (Å²) in [6, 6.07) is 15.7. The fourth-order valence-corrected chi connectivity index (χ4v) is 4.12. The second kappa shape index (κ2) is 7.69. The molecule has 2 heterocycles.